The van der Waals surface area contributed by atoms with Gasteiger partial charge in [0.15, 0.2) is 0 Å². The van der Waals surface area contributed by atoms with Crippen molar-refractivity contribution >= 4 is 12.3 Å². The molecule has 1 saturated carbocycles. The lowest BCUT2D eigenvalue weighted by Gasteiger charge is -2.03. The van der Waals surface area contributed by atoms with Gasteiger partial charge in [-0.05, 0) is 12.3 Å². The summed E-state index contributed by atoms with van der Waals surface area (Å²) in [7, 11) is 1.30. The molecule has 2 atom stereocenters. The van der Waals surface area contributed by atoms with Crippen molar-refractivity contribution in [1.29, 1.82) is 0 Å². The van der Waals surface area contributed by atoms with Crippen LogP contribution in [-0.2, 0) is 14.3 Å². The van der Waals surface area contributed by atoms with Crippen molar-refractivity contribution in [2.24, 2.45) is 11.3 Å². The zero-order valence-electron chi connectivity index (χ0n) is 6.09. The second-order valence-corrected chi connectivity index (χ2v) is 2.75. The van der Waals surface area contributed by atoms with Gasteiger partial charge < -0.3 is 9.53 Å². The van der Waals surface area contributed by atoms with Crippen LogP contribution in [0.15, 0.2) is 0 Å². The first-order valence-electron chi connectivity index (χ1n) is 3.22. The highest BCUT2D eigenvalue weighted by Gasteiger charge is 2.58. The van der Waals surface area contributed by atoms with Crippen molar-refractivity contribution < 1.29 is 14.3 Å². The molecule has 3 nitrogen and oxygen atoms in total. The van der Waals surface area contributed by atoms with Crippen molar-refractivity contribution in [2.75, 3.05) is 7.11 Å². The number of carbonyl (C=O) groups excluding carboxylic acids is 2. The topological polar surface area (TPSA) is 43.4 Å². The molecule has 0 unspecified atom stereocenters. The number of hydrogen-bond donors (Lipinski definition) is 0. The van der Waals surface area contributed by atoms with Gasteiger partial charge in [0.05, 0.1) is 7.11 Å². The number of esters is 1. The van der Waals surface area contributed by atoms with E-state index in [9.17, 15) is 9.59 Å². The minimum atomic E-state index is -0.783. The second kappa shape index (κ2) is 2.08. The highest BCUT2D eigenvalue weighted by molar-refractivity contribution is 5.97. The van der Waals surface area contributed by atoms with Crippen molar-refractivity contribution in [3.63, 3.8) is 0 Å². The lowest BCUT2D eigenvalue weighted by Crippen LogP contribution is -2.20. The molecule has 0 aromatic heterocycles. The Bertz CT molecular complexity index is 176. The summed E-state index contributed by atoms with van der Waals surface area (Å²) in [6.45, 7) is 1.87. The summed E-state index contributed by atoms with van der Waals surface area (Å²) in [5.41, 5.74) is -0.783. The summed E-state index contributed by atoms with van der Waals surface area (Å²) in [5.74, 6) is -0.229. The standard InChI is InChI=1S/C7H10O3/c1-5-3-7(5,4-8)6(9)10-2/h4-5H,3H2,1-2H3/t5-,7+/m0/s1. The molecule has 0 amide bonds. The van der Waals surface area contributed by atoms with Crippen LogP contribution in [0.1, 0.15) is 13.3 Å². The van der Waals surface area contributed by atoms with Crippen LogP contribution in [0.5, 0.6) is 0 Å². The van der Waals surface area contributed by atoms with E-state index in [0.29, 0.717) is 12.7 Å². The Labute approximate surface area is 59.4 Å². The van der Waals surface area contributed by atoms with Crippen LogP contribution in [-0.4, -0.2) is 19.4 Å². The van der Waals surface area contributed by atoms with Crippen molar-refractivity contribution in [2.45, 2.75) is 13.3 Å². The first-order chi connectivity index (χ1) is 4.67. The molecule has 0 spiro atoms. The summed E-state index contributed by atoms with van der Waals surface area (Å²) in [6.07, 6.45) is 1.34. The van der Waals surface area contributed by atoms with Crippen LogP contribution in [0.4, 0.5) is 0 Å². The molecule has 0 N–H and O–H groups in total. The summed E-state index contributed by atoms with van der Waals surface area (Å²) >= 11 is 0. The minimum Gasteiger partial charge on any atom is -0.468 e. The van der Waals surface area contributed by atoms with E-state index in [1.165, 1.54) is 7.11 Å². The average Bonchev–Trinajstić information content (AvgIpc) is 2.61. The van der Waals surface area contributed by atoms with E-state index in [0.717, 1.165) is 0 Å². The van der Waals surface area contributed by atoms with Gasteiger partial charge in [0, 0.05) is 0 Å². The van der Waals surface area contributed by atoms with Gasteiger partial charge in [-0.25, -0.2) is 0 Å². The zero-order chi connectivity index (χ0) is 7.78. The molecular formula is C7H10O3. The largest absolute Gasteiger partial charge is 0.468 e. The third-order valence-corrected chi connectivity index (χ3v) is 2.14. The molecule has 0 aliphatic heterocycles. The Hall–Kier alpha value is -0.860. The van der Waals surface area contributed by atoms with Gasteiger partial charge in [-0.1, -0.05) is 6.92 Å². The molecule has 0 radical (unpaired) electrons. The van der Waals surface area contributed by atoms with Crippen molar-refractivity contribution in [1.82, 2.24) is 0 Å². The average molecular weight is 142 g/mol. The van der Waals surface area contributed by atoms with Crippen LogP contribution in [0.2, 0.25) is 0 Å². The zero-order valence-corrected chi connectivity index (χ0v) is 6.09. The van der Waals surface area contributed by atoms with E-state index in [2.05, 4.69) is 4.74 Å². The number of aldehydes is 1. The van der Waals surface area contributed by atoms with E-state index < -0.39 is 11.4 Å². The van der Waals surface area contributed by atoms with Crippen LogP contribution < -0.4 is 0 Å². The van der Waals surface area contributed by atoms with E-state index in [1.807, 2.05) is 6.92 Å². The molecule has 1 aliphatic carbocycles. The Balaban J connectivity index is 2.68. The Morgan fingerprint density at radius 1 is 1.80 bits per heavy atom. The molecule has 1 fully saturated rings. The van der Waals surface area contributed by atoms with Crippen molar-refractivity contribution in [3.8, 4) is 0 Å². The third kappa shape index (κ3) is 0.735. The van der Waals surface area contributed by atoms with Gasteiger partial charge in [0.25, 0.3) is 0 Å². The van der Waals surface area contributed by atoms with E-state index >= 15 is 0 Å². The number of hydrogen-bond acceptors (Lipinski definition) is 3. The summed E-state index contributed by atoms with van der Waals surface area (Å²) < 4.78 is 4.47. The number of ether oxygens (including phenoxy) is 1. The highest BCUT2D eigenvalue weighted by atomic mass is 16.5. The first kappa shape index (κ1) is 7.25. The molecule has 1 rings (SSSR count). The van der Waals surface area contributed by atoms with E-state index in [4.69, 9.17) is 0 Å². The quantitative estimate of drug-likeness (QED) is 0.318. The fourth-order valence-electron chi connectivity index (χ4n) is 1.13. The third-order valence-electron chi connectivity index (χ3n) is 2.14. The Kier molecular flexibility index (Phi) is 1.50. The molecule has 0 aromatic carbocycles. The first-order valence-corrected chi connectivity index (χ1v) is 3.22. The molecule has 1 aliphatic rings. The summed E-state index contributed by atoms with van der Waals surface area (Å²) in [6, 6.07) is 0. The fourth-order valence-corrected chi connectivity index (χ4v) is 1.13. The molecular weight excluding hydrogens is 132 g/mol. The van der Waals surface area contributed by atoms with Gasteiger partial charge in [-0.3, -0.25) is 4.79 Å². The number of carbonyl (C=O) groups is 2. The normalized spacial score (nSPS) is 36.8. The fraction of sp³-hybridized carbons (Fsp3) is 0.714. The highest BCUT2D eigenvalue weighted by Crippen LogP contribution is 2.51. The molecule has 0 bridgehead atoms. The number of methoxy groups -OCH3 is 1. The molecule has 0 aromatic rings. The van der Waals surface area contributed by atoms with E-state index in [1.54, 1.807) is 0 Å². The maximum atomic E-state index is 10.9. The minimum absolute atomic E-state index is 0.164. The number of rotatable bonds is 2. The summed E-state index contributed by atoms with van der Waals surface area (Å²) in [5, 5.41) is 0. The SMILES string of the molecule is COC(=O)[C@@]1(C=O)C[C@@H]1C. The smallest absolute Gasteiger partial charge is 0.319 e. The van der Waals surface area contributed by atoms with Crippen molar-refractivity contribution in [3.05, 3.63) is 0 Å². The van der Waals surface area contributed by atoms with Crippen LogP contribution >= 0.6 is 0 Å². The Morgan fingerprint density at radius 3 is 2.40 bits per heavy atom. The molecule has 3 heteroatoms. The second-order valence-electron chi connectivity index (χ2n) is 2.75. The van der Waals surface area contributed by atoms with Gasteiger partial charge >= 0.3 is 5.97 Å². The molecule has 56 valence electrons. The van der Waals surface area contributed by atoms with Gasteiger partial charge in [-0.15, -0.1) is 0 Å². The lowest BCUT2D eigenvalue weighted by atomic mass is 10.1. The maximum absolute atomic E-state index is 10.9. The molecule has 0 saturated heterocycles. The molecule has 10 heavy (non-hydrogen) atoms. The summed E-state index contributed by atoms with van der Waals surface area (Å²) in [4.78, 5) is 21.3. The maximum Gasteiger partial charge on any atom is 0.319 e. The Morgan fingerprint density at radius 2 is 2.30 bits per heavy atom. The van der Waals surface area contributed by atoms with Gasteiger partial charge in [-0.2, -0.15) is 0 Å². The van der Waals surface area contributed by atoms with Crippen LogP contribution in [0, 0.1) is 11.3 Å². The van der Waals surface area contributed by atoms with E-state index in [-0.39, 0.29) is 5.92 Å². The molecule has 0 heterocycles. The predicted molar refractivity (Wildman–Crippen MR) is 34.3 cm³/mol. The monoisotopic (exact) mass is 142 g/mol. The van der Waals surface area contributed by atoms with Crippen LogP contribution in [0.25, 0.3) is 0 Å². The van der Waals surface area contributed by atoms with Gasteiger partial charge in [0.1, 0.15) is 11.7 Å². The predicted octanol–water partition coefficient (Wildman–Crippen LogP) is 0.384. The van der Waals surface area contributed by atoms with Gasteiger partial charge in [0.2, 0.25) is 0 Å². The van der Waals surface area contributed by atoms with Crippen LogP contribution in [0.3, 0.4) is 0 Å². The lowest BCUT2D eigenvalue weighted by molar-refractivity contribution is -0.149.